The molecular formula is C14H21N3O. The van der Waals surface area contributed by atoms with Gasteiger partial charge in [0.05, 0.1) is 0 Å². The second-order valence-corrected chi connectivity index (χ2v) is 5.08. The SMILES string of the molecule is C#CCOc1cc(NCCC)nc(C(C)(C)C)n1. The fraction of sp³-hybridized carbons (Fsp3) is 0.571. The highest BCUT2D eigenvalue weighted by molar-refractivity contribution is 5.39. The Morgan fingerprint density at radius 1 is 1.39 bits per heavy atom. The van der Waals surface area contributed by atoms with Gasteiger partial charge in [-0.2, -0.15) is 4.98 Å². The number of hydrogen-bond donors (Lipinski definition) is 1. The van der Waals surface area contributed by atoms with Gasteiger partial charge in [-0.25, -0.2) is 4.98 Å². The number of anilines is 1. The molecule has 1 aromatic heterocycles. The Labute approximate surface area is 109 Å². The molecule has 1 rings (SSSR count). The third kappa shape index (κ3) is 4.25. The van der Waals surface area contributed by atoms with E-state index in [1.165, 1.54) is 0 Å². The van der Waals surface area contributed by atoms with E-state index in [2.05, 4.69) is 48.9 Å². The minimum Gasteiger partial charge on any atom is -0.464 e. The molecule has 0 fully saturated rings. The van der Waals surface area contributed by atoms with Crippen molar-refractivity contribution in [3.8, 4) is 18.2 Å². The van der Waals surface area contributed by atoms with Crippen LogP contribution in [0.25, 0.3) is 0 Å². The highest BCUT2D eigenvalue weighted by Gasteiger charge is 2.19. The van der Waals surface area contributed by atoms with Crippen molar-refractivity contribution < 1.29 is 4.74 Å². The number of nitrogens with one attached hydrogen (secondary N) is 1. The minimum atomic E-state index is -0.127. The van der Waals surface area contributed by atoms with Gasteiger partial charge in [0.15, 0.2) is 6.61 Å². The average Bonchev–Trinajstić information content (AvgIpc) is 2.32. The molecule has 98 valence electrons. The summed E-state index contributed by atoms with van der Waals surface area (Å²) in [6.07, 6.45) is 6.22. The number of ether oxygens (including phenoxy) is 1. The topological polar surface area (TPSA) is 47.0 Å². The lowest BCUT2D eigenvalue weighted by atomic mass is 9.96. The molecule has 0 spiro atoms. The Kier molecular flexibility index (Phi) is 4.96. The maximum absolute atomic E-state index is 5.38. The molecule has 4 nitrogen and oxygen atoms in total. The molecule has 1 aromatic rings. The normalized spacial score (nSPS) is 10.8. The van der Waals surface area contributed by atoms with Crippen molar-refractivity contribution in [2.75, 3.05) is 18.5 Å². The van der Waals surface area contributed by atoms with Gasteiger partial charge in [-0.1, -0.05) is 33.6 Å². The molecule has 0 radical (unpaired) electrons. The van der Waals surface area contributed by atoms with Crippen molar-refractivity contribution in [2.45, 2.75) is 39.5 Å². The Morgan fingerprint density at radius 3 is 2.67 bits per heavy atom. The summed E-state index contributed by atoms with van der Waals surface area (Å²) in [5.74, 6) is 4.48. The molecule has 18 heavy (non-hydrogen) atoms. The quantitative estimate of drug-likeness (QED) is 0.812. The molecule has 0 aliphatic rings. The van der Waals surface area contributed by atoms with E-state index < -0.39 is 0 Å². The summed E-state index contributed by atoms with van der Waals surface area (Å²) in [5, 5.41) is 3.24. The van der Waals surface area contributed by atoms with Gasteiger partial charge in [0.2, 0.25) is 5.88 Å². The van der Waals surface area contributed by atoms with Crippen LogP contribution >= 0.6 is 0 Å². The number of hydrogen-bond acceptors (Lipinski definition) is 4. The molecule has 0 bridgehead atoms. The maximum Gasteiger partial charge on any atom is 0.219 e. The molecule has 0 saturated carbocycles. The van der Waals surface area contributed by atoms with Gasteiger partial charge in [0, 0.05) is 18.0 Å². The van der Waals surface area contributed by atoms with Crippen LogP contribution in [0.15, 0.2) is 6.07 Å². The van der Waals surface area contributed by atoms with E-state index in [9.17, 15) is 0 Å². The Balaban J connectivity index is 3.00. The fourth-order valence-electron chi connectivity index (χ4n) is 1.29. The second-order valence-electron chi connectivity index (χ2n) is 5.08. The van der Waals surface area contributed by atoms with E-state index in [0.717, 1.165) is 24.6 Å². The van der Waals surface area contributed by atoms with Gasteiger partial charge in [-0.3, -0.25) is 0 Å². The zero-order valence-corrected chi connectivity index (χ0v) is 11.6. The molecule has 0 saturated heterocycles. The van der Waals surface area contributed by atoms with Gasteiger partial charge in [-0.15, -0.1) is 6.42 Å². The van der Waals surface area contributed by atoms with Crippen molar-refractivity contribution in [3.05, 3.63) is 11.9 Å². The van der Waals surface area contributed by atoms with Crippen LogP contribution in [0.5, 0.6) is 5.88 Å². The van der Waals surface area contributed by atoms with Crippen LogP contribution in [0.1, 0.15) is 39.9 Å². The van der Waals surface area contributed by atoms with Crippen LogP contribution in [0.2, 0.25) is 0 Å². The number of rotatable bonds is 5. The summed E-state index contributed by atoms with van der Waals surface area (Å²) >= 11 is 0. The summed E-state index contributed by atoms with van der Waals surface area (Å²) < 4.78 is 5.38. The van der Waals surface area contributed by atoms with Crippen LogP contribution in [-0.2, 0) is 5.41 Å². The van der Waals surface area contributed by atoms with E-state index in [0.29, 0.717) is 5.88 Å². The Hall–Kier alpha value is -1.76. The van der Waals surface area contributed by atoms with Crippen LogP contribution < -0.4 is 10.1 Å². The minimum absolute atomic E-state index is 0.127. The van der Waals surface area contributed by atoms with E-state index in [1.807, 2.05) is 0 Å². The maximum atomic E-state index is 5.38. The summed E-state index contributed by atoms with van der Waals surface area (Å²) in [7, 11) is 0. The molecule has 1 N–H and O–H groups in total. The fourth-order valence-corrected chi connectivity index (χ4v) is 1.29. The molecule has 1 heterocycles. The molecule has 0 aliphatic carbocycles. The largest absolute Gasteiger partial charge is 0.464 e. The second kappa shape index (κ2) is 6.25. The predicted molar refractivity (Wildman–Crippen MR) is 73.8 cm³/mol. The van der Waals surface area contributed by atoms with Gasteiger partial charge in [-0.05, 0) is 6.42 Å². The lowest BCUT2D eigenvalue weighted by molar-refractivity contribution is 0.349. The summed E-state index contributed by atoms with van der Waals surface area (Å²) in [6.45, 7) is 9.39. The monoisotopic (exact) mass is 247 g/mol. The lowest BCUT2D eigenvalue weighted by Gasteiger charge is -2.18. The number of aromatic nitrogens is 2. The van der Waals surface area contributed by atoms with Crippen molar-refractivity contribution in [2.24, 2.45) is 0 Å². The number of nitrogens with zero attached hydrogens (tertiary/aromatic N) is 2. The molecule has 4 heteroatoms. The van der Waals surface area contributed by atoms with E-state index in [1.54, 1.807) is 6.07 Å². The zero-order valence-electron chi connectivity index (χ0n) is 11.6. The number of terminal acetylenes is 1. The Bertz CT molecular complexity index is 430. The van der Waals surface area contributed by atoms with E-state index in [-0.39, 0.29) is 12.0 Å². The van der Waals surface area contributed by atoms with Gasteiger partial charge >= 0.3 is 0 Å². The van der Waals surface area contributed by atoms with Crippen molar-refractivity contribution in [1.29, 1.82) is 0 Å². The first-order valence-corrected chi connectivity index (χ1v) is 6.17. The molecule has 0 aromatic carbocycles. The van der Waals surface area contributed by atoms with Gasteiger partial charge < -0.3 is 10.1 Å². The summed E-state index contributed by atoms with van der Waals surface area (Å²) in [4.78, 5) is 8.88. The van der Waals surface area contributed by atoms with Gasteiger partial charge in [0.1, 0.15) is 11.6 Å². The van der Waals surface area contributed by atoms with Crippen LogP contribution in [-0.4, -0.2) is 23.1 Å². The molecule has 0 aliphatic heterocycles. The smallest absolute Gasteiger partial charge is 0.219 e. The molecule has 0 unspecified atom stereocenters. The molecular weight excluding hydrogens is 226 g/mol. The predicted octanol–water partition coefficient (Wildman–Crippen LogP) is 2.61. The van der Waals surface area contributed by atoms with Crippen molar-refractivity contribution >= 4 is 5.82 Å². The third-order valence-electron chi connectivity index (χ3n) is 2.23. The highest BCUT2D eigenvalue weighted by atomic mass is 16.5. The van der Waals surface area contributed by atoms with Gasteiger partial charge in [0.25, 0.3) is 0 Å². The standard InChI is InChI=1S/C14H21N3O/c1-6-8-15-11-10-12(18-9-7-2)17-13(16-11)14(3,4)5/h2,10H,6,8-9H2,1,3-5H3,(H,15,16,17). The first-order valence-electron chi connectivity index (χ1n) is 6.17. The zero-order chi connectivity index (χ0) is 13.6. The van der Waals surface area contributed by atoms with Crippen molar-refractivity contribution in [1.82, 2.24) is 9.97 Å². The first kappa shape index (κ1) is 14.3. The summed E-state index contributed by atoms with van der Waals surface area (Å²) in [5.41, 5.74) is -0.127. The lowest BCUT2D eigenvalue weighted by Crippen LogP contribution is -2.18. The highest BCUT2D eigenvalue weighted by Crippen LogP contribution is 2.23. The van der Waals surface area contributed by atoms with Crippen LogP contribution in [0, 0.1) is 12.3 Å². The van der Waals surface area contributed by atoms with E-state index in [4.69, 9.17) is 11.2 Å². The van der Waals surface area contributed by atoms with Crippen LogP contribution in [0.4, 0.5) is 5.82 Å². The Morgan fingerprint density at radius 2 is 2.11 bits per heavy atom. The average molecular weight is 247 g/mol. The summed E-state index contributed by atoms with van der Waals surface area (Å²) in [6, 6.07) is 1.78. The molecule has 0 amide bonds. The first-order chi connectivity index (χ1) is 8.47. The van der Waals surface area contributed by atoms with Crippen LogP contribution in [0.3, 0.4) is 0 Å². The third-order valence-corrected chi connectivity index (χ3v) is 2.23. The van der Waals surface area contributed by atoms with Crippen molar-refractivity contribution in [3.63, 3.8) is 0 Å². The molecule has 0 atom stereocenters. The van der Waals surface area contributed by atoms with E-state index >= 15 is 0 Å².